The van der Waals surface area contributed by atoms with E-state index in [0.717, 1.165) is 19.6 Å². The second kappa shape index (κ2) is 6.61. The molecule has 2 rings (SSSR count). The van der Waals surface area contributed by atoms with E-state index in [1.54, 1.807) is 0 Å². The second-order valence-electron chi connectivity index (χ2n) is 5.30. The highest BCUT2D eigenvalue weighted by molar-refractivity contribution is 4.73. The first-order chi connectivity index (χ1) is 7.84. The maximum Gasteiger partial charge on any atom is 0.0578 e. The van der Waals surface area contributed by atoms with Crippen LogP contribution in [0, 0.1) is 12.8 Å². The van der Waals surface area contributed by atoms with Crippen molar-refractivity contribution >= 4 is 0 Å². The van der Waals surface area contributed by atoms with E-state index >= 15 is 0 Å². The van der Waals surface area contributed by atoms with Crippen molar-refractivity contribution in [3.05, 3.63) is 6.92 Å². The molecule has 3 atom stereocenters. The molecule has 2 saturated heterocycles. The minimum absolute atomic E-state index is 0.505. The first-order valence-corrected chi connectivity index (χ1v) is 6.91. The van der Waals surface area contributed by atoms with Gasteiger partial charge in [-0.05, 0) is 44.4 Å². The molecule has 93 valence electrons. The predicted molar refractivity (Wildman–Crippen MR) is 65.3 cm³/mol. The molecule has 2 aliphatic heterocycles. The predicted octanol–water partition coefficient (Wildman–Crippen LogP) is 3.36. The molecule has 0 aromatic rings. The van der Waals surface area contributed by atoms with Crippen molar-refractivity contribution in [1.29, 1.82) is 0 Å². The summed E-state index contributed by atoms with van der Waals surface area (Å²) in [7, 11) is 0. The van der Waals surface area contributed by atoms with Crippen LogP contribution >= 0.6 is 0 Å². The van der Waals surface area contributed by atoms with Gasteiger partial charge in [0.25, 0.3) is 0 Å². The zero-order valence-corrected chi connectivity index (χ0v) is 10.3. The highest BCUT2D eigenvalue weighted by Gasteiger charge is 2.19. The molecular weight excluding hydrogens is 200 g/mol. The topological polar surface area (TPSA) is 18.5 Å². The average molecular weight is 225 g/mol. The lowest BCUT2D eigenvalue weighted by molar-refractivity contribution is 0.0886. The Bertz CT molecular complexity index is 181. The van der Waals surface area contributed by atoms with Crippen LogP contribution in [-0.2, 0) is 9.47 Å². The fourth-order valence-corrected chi connectivity index (χ4v) is 2.83. The van der Waals surface area contributed by atoms with Crippen molar-refractivity contribution in [3.63, 3.8) is 0 Å². The van der Waals surface area contributed by atoms with E-state index in [2.05, 4.69) is 6.92 Å². The van der Waals surface area contributed by atoms with Crippen LogP contribution < -0.4 is 0 Å². The number of ether oxygens (including phenoxy) is 2. The van der Waals surface area contributed by atoms with Crippen molar-refractivity contribution in [1.82, 2.24) is 0 Å². The molecule has 2 nitrogen and oxygen atoms in total. The van der Waals surface area contributed by atoms with Gasteiger partial charge in [0.1, 0.15) is 0 Å². The van der Waals surface area contributed by atoms with Crippen LogP contribution in [-0.4, -0.2) is 25.4 Å². The number of hydrogen-bond acceptors (Lipinski definition) is 2. The third kappa shape index (κ3) is 4.06. The lowest BCUT2D eigenvalue weighted by Gasteiger charge is -2.16. The van der Waals surface area contributed by atoms with Crippen LogP contribution in [0.2, 0.25) is 0 Å². The summed E-state index contributed by atoms with van der Waals surface area (Å²) in [6, 6.07) is 0. The Morgan fingerprint density at radius 3 is 2.38 bits per heavy atom. The Labute approximate surface area is 99.7 Å². The Morgan fingerprint density at radius 1 is 1.06 bits per heavy atom. The van der Waals surface area contributed by atoms with Gasteiger partial charge in [-0.15, -0.1) is 0 Å². The molecule has 0 aliphatic carbocycles. The molecule has 0 bridgehead atoms. The monoisotopic (exact) mass is 225 g/mol. The molecule has 2 aliphatic rings. The lowest BCUT2D eigenvalue weighted by atomic mass is 9.95. The van der Waals surface area contributed by atoms with Crippen molar-refractivity contribution in [2.24, 2.45) is 5.92 Å². The SMILES string of the molecule is [CH2]C(CCCC1CCCO1)CC1CCCO1. The van der Waals surface area contributed by atoms with E-state index in [4.69, 9.17) is 9.47 Å². The fraction of sp³-hybridized carbons (Fsp3) is 0.929. The van der Waals surface area contributed by atoms with Gasteiger partial charge in [0.2, 0.25) is 0 Å². The van der Waals surface area contributed by atoms with Gasteiger partial charge in [0.05, 0.1) is 12.2 Å². The third-order valence-corrected chi connectivity index (χ3v) is 3.78. The summed E-state index contributed by atoms with van der Waals surface area (Å²) in [6.07, 6.45) is 11.0. The molecule has 0 N–H and O–H groups in total. The smallest absolute Gasteiger partial charge is 0.0578 e. The molecular formula is C14H25O2. The first kappa shape index (κ1) is 12.4. The Morgan fingerprint density at radius 2 is 1.75 bits per heavy atom. The number of hydrogen-bond donors (Lipinski definition) is 0. The van der Waals surface area contributed by atoms with Gasteiger partial charge in [-0.2, -0.15) is 0 Å². The molecule has 0 aromatic heterocycles. The molecule has 0 saturated carbocycles. The van der Waals surface area contributed by atoms with Gasteiger partial charge in [0.15, 0.2) is 0 Å². The van der Waals surface area contributed by atoms with Crippen LogP contribution in [0.5, 0.6) is 0 Å². The first-order valence-electron chi connectivity index (χ1n) is 6.91. The minimum atomic E-state index is 0.505. The molecule has 3 unspecified atom stereocenters. The average Bonchev–Trinajstić information content (AvgIpc) is 2.90. The van der Waals surface area contributed by atoms with E-state index in [-0.39, 0.29) is 0 Å². The van der Waals surface area contributed by atoms with Crippen LogP contribution in [0.25, 0.3) is 0 Å². The van der Waals surface area contributed by atoms with Gasteiger partial charge in [-0.25, -0.2) is 0 Å². The Kier molecular flexibility index (Phi) is 5.11. The summed E-state index contributed by atoms with van der Waals surface area (Å²) in [5.74, 6) is 0.574. The maximum absolute atomic E-state index is 5.64. The molecule has 0 spiro atoms. The van der Waals surface area contributed by atoms with E-state index in [9.17, 15) is 0 Å². The van der Waals surface area contributed by atoms with Crippen LogP contribution in [0.15, 0.2) is 0 Å². The van der Waals surface area contributed by atoms with Crippen molar-refractivity contribution in [2.75, 3.05) is 13.2 Å². The Balaban J connectivity index is 1.51. The highest BCUT2D eigenvalue weighted by atomic mass is 16.5. The van der Waals surface area contributed by atoms with E-state index < -0.39 is 0 Å². The zero-order chi connectivity index (χ0) is 11.2. The summed E-state index contributed by atoms with van der Waals surface area (Å²) in [5, 5.41) is 0. The molecule has 0 amide bonds. The van der Waals surface area contributed by atoms with Crippen LogP contribution in [0.3, 0.4) is 0 Å². The van der Waals surface area contributed by atoms with Gasteiger partial charge in [-0.1, -0.05) is 19.8 Å². The summed E-state index contributed by atoms with van der Waals surface area (Å²) in [4.78, 5) is 0. The number of rotatable bonds is 6. The van der Waals surface area contributed by atoms with E-state index in [1.807, 2.05) is 0 Å². The molecule has 2 fully saturated rings. The van der Waals surface area contributed by atoms with Gasteiger partial charge in [-0.3, -0.25) is 0 Å². The summed E-state index contributed by atoms with van der Waals surface area (Å²) >= 11 is 0. The highest BCUT2D eigenvalue weighted by Crippen LogP contribution is 2.24. The van der Waals surface area contributed by atoms with E-state index in [0.29, 0.717) is 18.1 Å². The lowest BCUT2D eigenvalue weighted by Crippen LogP contribution is -2.11. The van der Waals surface area contributed by atoms with Crippen molar-refractivity contribution in [2.45, 2.75) is 63.6 Å². The van der Waals surface area contributed by atoms with E-state index in [1.165, 1.54) is 44.9 Å². The quantitative estimate of drug-likeness (QED) is 0.690. The van der Waals surface area contributed by atoms with Crippen LogP contribution in [0.4, 0.5) is 0 Å². The summed E-state index contributed by atoms with van der Waals surface area (Å²) in [6.45, 7) is 6.19. The largest absolute Gasteiger partial charge is 0.378 e. The fourth-order valence-electron chi connectivity index (χ4n) is 2.83. The Hall–Kier alpha value is -0.0800. The molecule has 2 heterocycles. The van der Waals surface area contributed by atoms with Gasteiger partial charge < -0.3 is 9.47 Å². The summed E-state index contributed by atoms with van der Waals surface area (Å²) in [5.41, 5.74) is 0. The summed E-state index contributed by atoms with van der Waals surface area (Å²) < 4.78 is 11.3. The minimum Gasteiger partial charge on any atom is -0.378 e. The zero-order valence-electron chi connectivity index (χ0n) is 10.3. The van der Waals surface area contributed by atoms with Gasteiger partial charge in [0, 0.05) is 13.2 Å². The van der Waals surface area contributed by atoms with Gasteiger partial charge >= 0.3 is 0 Å². The molecule has 16 heavy (non-hydrogen) atoms. The maximum atomic E-state index is 5.64. The normalized spacial score (nSPS) is 32.1. The van der Waals surface area contributed by atoms with Crippen molar-refractivity contribution < 1.29 is 9.47 Å². The van der Waals surface area contributed by atoms with Crippen molar-refractivity contribution in [3.8, 4) is 0 Å². The van der Waals surface area contributed by atoms with Crippen LogP contribution in [0.1, 0.15) is 51.4 Å². The molecule has 0 aromatic carbocycles. The second-order valence-corrected chi connectivity index (χ2v) is 5.30. The molecule has 1 radical (unpaired) electrons. The standard InChI is InChI=1S/C14H25O2/c1-12(11-14-8-4-10-16-14)5-2-6-13-7-3-9-15-13/h12-14H,1-11H2. The third-order valence-electron chi connectivity index (χ3n) is 3.78. The molecule has 2 heteroatoms.